The lowest BCUT2D eigenvalue weighted by molar-refractivity contribution is 0.000917. The summed E-state index contributed by atoms with van der Waals surface area (Å²) in [6.45, 7) is 2.18. The van der Waals surface area contributed by atoms with Crippen molar-refractivity contribution < 1.29 is 13.5 Å². The van der Waals surface area contributed by atoms with Crippen LogP contribution in [0.4, 0.5) is 8.78 Å². The van der Waals surface area contributed by atoms with Gasteiger partial charge in [-0.15, -0.1) is 0 Å². The number of halogens is 3. The largest absolute Gasteiger partial charge is 0.492 e. The quantitative estimate of drug-likeness (QED) is 0.809. The zero-order chi connectivity index (χ0) is 12.2. The van der Waals surface area contributed by atoms with E-state index < -0.39 is 12.3 Å². The number of ether oxygens (including phenoxy) is 1. The monoisotopic (exact) mass is 245 g/mol. The summed E-state index contributed by atoms with van der Waals surface area (Å²) in [6.07, 6.45) is -0.864. The predicted octanol–water partition coefficient (Wildman–Crippen LogP) is 3.74. The number of nitriles is 1. The Kier molecular flexibility index (Phi) is 4.08. The van der Waals surface area contributed by atoms with E-state index in [1.54, 1.807) is 6.92 Å². The van der Waals surface area contributed by atoms with E-state index in [4.69, 9.17) is 21.6 Å². The molecule has 0 aromatic heterocycles. The van der Waals surface area contributed by atoms with E-state index in [9.17, 15) is 8.78 Å². The lowest BCUT2D eigenvalue weighted by Gasteiger charge is -2.14. The van der Waals surface area contributed by atoms with Crippen LogP contribution in [0.25, 0.3) is 0 Å². The van der Waals surface area contributed by atoms with Crippen molar-refractivity contribution in [2.75, 3.05) is 6.61 Å². The fourth-order valence-corrected chi connectivity index (χ4v) is 1.44. The summed E-state index contributed by atoms with van der Waals surface area (Å²) >= 11 is 5.77. The molecule has 0 amide bonds. The van der Waals surface area contributed by atoms with Gasteiger partial charge in [-0.2, -0.15) is 5.26 Å². The van der Waals surface area contributed by atoms with E-state index in [2.05, 4.69) is 0 Å². The van der Waals surface area contributed by atoms with E-state index in [-0.39, 0.29) is 10.6 Å². The Bertz CT molecular complexity index is 415. The first-order valence-corrected chi connectivity index (χ1v) is 5.06. The smallest absolute Gasteiger partial charge is 0.286 e. The zero-order valence-electron chi connectivity index (χ0n) is 8.64. The second-order valence-electron chi connectivity index (χ2n) is 3.12. The predicted molar refractivity (Wildman–Crippen MR) is 56.7 cm³/mol. The third kappa shape index (κ3) is 2.83. The van der Waals surface area contributed by atoms with Crippen molar-refractivity contribution in [3.63, 3.8) is 0 Å². The summed E-state index contributed by atoms with van der Waals surface area (Å²) < 4.78 is 31.8. The Balaban J connectivity index is 3.01. The van der Waals surface area contributed by atoms with Crippen LogP contribution in [0.3, 0.4) is 0 Å². The van der Waals surface area contributed by atoms with E-state index in [0.717, 1.165) is 6.07 Å². The summed E-state index contributed by atoms with van der Waals surface area (Å²) in [5, 5.41) is 8.41. The van der Waals surface area contributed by atoms with Gasteiger partial charge >= 0.3 is 0 Å². The van der Waals surface area contributed by atoms with Gasteiger partial charge in [0, 0.05) is 5.56 Å². The highest BCUT2D eigenvalue weighted by Crippen LogP contribution is 2.35. The lowest BCUT2D eigenvalue weighted by atomic mass is 10.1. The van der Waals surface area contributed by atoms with Gasteiger partial charge in [0.1, 0.15) is 12.2 Å². The molecule has 0 unspecified atom stereocenters. The fourth-order valence-electron chi connectivity index (χ4n) is 1.20. The van der Waals surface area contributed by atoms with Crippen molar-refractivity contribution in [2.45, 2.75) is 19.3 Å². The molecule has 0 radical (unpaired) electrons. The van der Waals surface area contributed by atoms with Crippen LogP contribution in [0.2, 0.25) is 5.02 Å². The highest BCUT2D eigenvalue weighted by Gasteiger charge is 2.31. The SMILES string of the molecule is CCOc1ccc(C(F)(F)CC#N)cc1Cl. The van der Waals surface area contributed by atoms with Crippen molar-refractivity contribution in [1.82, 2.24) is 0 Å². The Hall–Kier alpha value is -1.34. The molecule has 1 rings (SSSR count). The molecule has 2 nitrogen and oxygen atoms in total. The van der Waals surface area contributed by atoms with E-state index >= 15 is 0 Å². The Labute approximate surface area is 97.4 Å². The van der Waals surface area contributed by atoms with Crippen LogP contribution in [0, 0.1) is 11.3 Å². The number of hydrogen-bond acceptors (Lipinski definition) is 2. The highest BCUT2D eigenvalue weighted by atomic mass is 35.5. The number of rotatable bonds is 4. The van der Waals surface area contributed by atoms with Gasteiger partial charge in [0.25, 0.3) is 5.92 Å². The highest BCUT2D eigenvalue weighted by molar-refractivity contribution is 6.32. The molecule has 86 valence electrons. The lowest BCUT2D eigenvalue weighted by Crippen LogP contribution is -2.12. The molecule has 0 aliphatic heterocycles. The number of nitrogens with zero attached hydrogens (tertiary/aromatic N) is 1. The van der Waals surface area contributed by atoms with Crippen molar-refractivity contribution in [3.8, 4) is 11.8 Å². The molecule has 0 saturated heterocycles. The molecule has 0 aliphatic carbocycles. The molecular formula is C11H10ClF2NO. The van der Waals surface area contributed by atoms with Gasteiger partial charge in [0.15, 0.2) is 0 Å². The third-order valence-corrected chi connectivity index (χ3v) is 2.25. The molecule has 0 aliphatic rings. The molecule has 16 heavy (non-hydrogen) atoms. The average molecular weight is 246 g/mol. The van der Waals surface area contributed by atoms with Crippen molar-refractivity contribution >= 4 is 11.6 Å². The fraction of sp³-hybridized carbons (Fsp3) is 0.364. The molecule has 1 aromatic carbocycles. The summed E-state index contributed by atoms with van der Waals surface area (Å²) in [4.78, 5) is 0. The van der Waals surface area contributed by atoms with Gasteiger partial charge in [0.2, 0.25) is 0 Å². The molecule has 0 saturated carbocycles. The minimum absolute atomic E-state index is 0.122. The van der Waals surface area contributed by atoms with Gasteiger partial charge in [-0.25, -0.2) is 8.78 Å². The van der Waals surface area contributed by atoms with Crippen molar-refractivity contribution in [1.29, 1.82) is 5.26 Å². The Morgan fingerprint density at radius 3 is 2.69 bits per heavy atom. The summed E-state index contributed by atoms with van der Waals surface area (Å²) in [7, 11) is 0. The maximum absolute atomic E-state index is 13.3. The Morgan fingerprint density at radius 1 is 1.50 bits per heavy atom. The van der Waals surface area contributed by atoms with E-state index in [0.29, 0.717) is 12.4 Å². The minimum Gasteiger partial charge on any atom is -0.492 e. The summed E-state index contributed by atoms with van der Waals surface area (Å²) in [6, 6.07) is 5.17. The molecule has 1 aromatic rings. The van der Waals surface area contributed by atoms with Gasteiger partial charge < -0.3 is 4.74 Å². The van der Waals surface area contributed by atoms with E-state index in [1.807, 2.05) is 0 Å². The normalized spacial score (nSPS) is 10.9. The molecule has 0 fully saturated rings. The van der Waals surface area contributed by atoms with Crippen LogP contribution in [-0.2, 0) is 5.92 Å². The van der Waals surface area contributed by atoms with Crippen molar-refractivity contribution in [2.24, 2.45) is 0 Å². The maximum Gasteiger partial charge on any atom is 0.286 e. The topological polar surface area (TPSA) is 33.0 Å². The number of hydrogen-bond donors (Lipinski definition) is 0. The van der Waals surface area contributed by atoms with Crippen LogP contribution in [0.1, 0.15) is 18.9 Å². The second-order valence-corrected chi connectivity index (χ2v) is 3.52. The first-order chi connectivity index (χ1) is 7.51. The van der Waals surface area contributed by atoms with Crippen LogP contribution < -0.4 is 4.74 Å². The number of benzene rings is 1. The standard InChI is InChI=1S/C11H10ClF2NO/c1-2-16-10-4-3-8(7-9(10)12)11(13,14)5-6-15/h3-4,7H,2,5H2,1H3. The first kappa shape index (κ1) is 12.7. The Morgan fingerprint density at radius 2 is 2.19 bits per heavy atom. The van der Waals surface area contributed by atoms with Gasteiger partial charge in [0.05, 0.1) is 17.7 Å². The molecule has 0 N–H and O–H groups in total. The van der Waals surface area contributed by atoms with Crippen LogP contribution in [0.15, 0.2) is 18.2 Å². The third-order valence-electron chi connectivity index (χ3n) is 1.96. The van der Waals surface area contributed by atoms with Crippen LogP contribution in [0.5, 0.6) is 5.75 Å². The average Bonchev–Trinajstić information content (AvgIpc) is 2.21. The zero-order valence-corrected chi connectivity index (χ0v) is 9.39. The first-order valence-electron chi connectivity index (χ1n) is 4.69. The molecule has 5 heteroatoms. The van der Waals surface area contributed by atoms with Gasteiger partial charge in [-0.1, -0.05) is 11.6 Å². The minimum atomic E-state index is -3.18. The number of alkyl halides is 2. The molecule has 0 bridgehead atoms. The molecule has 0 heterocycles. The maximum atomic E-state index is 13.3. The second kappa shape index (κ2) is 5.13. The van der Waals surface area contributed by atoms with Crippen LogP contribution >= 0.6 is 11.6 Å². The summed E-state index contributed by atoms with van der Waals surface area (Å²) in [5.41, 5.74) is -0.275. The van der Waals surface area contributed by atoms with Gasteiger partial charge in [-0.3, -0.25) is 0 Å². The molecule has 0 atom stereocenters. The summed E-state index contributed by atoms with van der Waals surface area (Å²) in [5.74, 6) is -2.82. The van der Waals surface area contributed by atoms with Crippen LogP contribution in [-0.4, -0.2) is 6.61 Å². The van der Waals surface area contributed by atoms with Crippen molar-refractivity contribution in [3.05, 3.63) is 28.8 Å². The molecular weight excluding hydrogens is 236 g/mol. The molecule has 0 spiro atoms. The van der Waals surface area contributed by atoms with Gasteiger partial charge in [-0.05, 0) is 25.1 Å². The van der Waals surface area contributed by atoms with E-state index in [1.165, 1.54) is 18.2 Å².